The number of carbonyl (C=O) groups excluding carboxylic acids is 5. The first-order valence-electron chi connectivity index (χ1n) is 16.4. The fourth-order valence-electron chi connectivity index (χ4n) is 10.2. The topological polar surface area (TPSA) is 160 Å². The number of ether oxygens (including phenoxy) is 1. The smallest absolute Gasteiger partial charge is 0.408 e. The van der Waals surface area contributed by atoms with Crippen LogP contribution in [0.5, 0.6) is 0 Å². The molecule has 7 aliphatic rings. The summed E-state index contributed by atoms with van der Waals surface area (Å²) in [4.78, 5) is 68.5. The lowest BCUT2D eigenvalue weighted by Gasteiger charge is -2.59. The van der Waals surface area contributed by atoms with Gasteiger partial charge < -0.3 is 31.3 Å². The predicted octanol–water partition coefficient (Wildman–Crippen LogP) is 2.22. The summed E-state index contributed by atoms with van der Waals surface area (Å²) >= 11 is 0. The van der Waals surface area contributed by atoms with E-state index in [0.29, 0.717) is 37.1 Å². The minimum atomic E-state index is -1.01. The molecule has 0 aromatic carbocycles. The Morgan fingerprint density at radius 3 is 2.19 bits per heavy atom. The van der Waals surface area contributed by atoms with Crippen LogP contribution >= 0.6 is 0 Å². The Hall–Kier alpha value is -2.85. The molecule has 0 spiro atoms. The number of alkyl carbamates (subject to hydrolysis) is 1. The van der Waals surface area contributed by atoms with Crippen LogP contribution in [-0.4, -0.2) is 70.9 Å². The van der Waals surface area contributed by atoms with Crippen LogP contribution in [0.4, 0.5) is 4.79 Å². The second-order valence-corrected chi connectivity index (χ2v) is 15.8. The molecule has 2 heterocycles. The summed E-state index contributed by atoms with van der Waals surface area (Å²) in [6.45, 7) is 8.06. The molecule has 11 nitrogen and oxygen atoms in total. The third kappa shape index (κ3) is 5.72. The number of likely N-dealkylation sites (tertiary alicyclic amines) is 1. The zero-order valence-electron chi connectivity index (χ0n) is 26.0. The standard InChI is InChI=1S/C32H49N5O6/c1-16-7-21-12-22(16)24(28(40)35-23(26(33)38)11-20-5-6-34-27(20)39)37(21)29(41)25(36-30(42)43-31(2,3)4)32-13-17-8-18(14-32)10-19(9-17)15-32/h16-25H,5-15H2,1-4H3,(H2,33,38)(H,34,39)(H,35,40)(H,36,42)/t16?,17?,18?,19?,20-,21+,22+,23-,24-,25+,32?/m0/s1. The van der Waals surface area contributed by atoms with Gasteiger partial charge in [-0.2, -0.15) is 0 Å². The van der Waals surface area contributed by atoms with Crippen LogP contribution in [0.3, 0.4) is 0 Å². The van der Waals surface area contributed by atoms with Crippen molar-refractivity contribution < 1.29 is 28.7 Å². The van der Waals surface area contributed by atoms with E-state index in [-0.39, 0.29) is 41.5 Å². The maximum atomic E-state index is 14.8. The van der Waals surface area contributed by atoms with Gasteiger partial charge in [0.05, 0.1) is 0 Å². The third-order valence-corrected chi connectivity index (χ3v) is 11.5. The summed E-state index contributed by atoms with van der Waals surface area (Å²) in [5.74, 6) is -0.00861. The molecule has 2 aliphatic heterocycles. The average molecular weight is 600 g/mol. The molecule has 6 bridgehead atoms. The minimum Gasteiger partial charge on any atom is -0.444 e. The zero-order chi connectivity index (χ0) is 30.8. The van der Waals surface area contributed by atoms with Crippen LogP contribution < -0.4 is 21.7 Å². The third-order valence-electron chi connectivity index (χ3n) is 11.5. The SMILES string of the molecule is CC1C[C@@H]2C[C@H]1[C@@H](C(=O)N[C@@H](C[C@@H]1CCNC1=O)C(N)=O)N2C(=O)[C@@H](NC(=O)OC(C)(C)C)C12CC3CC(CC(C3)C1)C2. The van der Waals surface area contributed by atoms with Crippen molar-refractivity contribution in [3.63, 3.8) is 0 Å². The van der Waals surface area contributed by atoms with Gasteiger partial charge in [0.25, 0.3) is 0 Å². The number of hydrogen-bond acceptors (Lipinski definition) is 6. The molecule has 2 saturated heterocycles. The highest BCUT2D eigenvalue weighted by atomic mass is 16.6. The molecule has 7 fully saturated rings. The van der Waals surface area contributed by atoms with E-state index in [2.05, 4.69) is 22.9 Å². The molecule has 7 atom stereocenters. The number of hydrogen-bond donors (Lipinski definition) is 4. The number of carbonyl (C=O) groups is 5. The lowest BCUT2D eigenvalue weighted by molar-refractivity contribution is -0.154. The van der Waals surface area contributed by atoms with Gasteiger partial charge in [0.1, 0.15) is 23.7 Å². The molecule has 7 rings (SSSR count). The second kappa shape index (κ2) is 10.9. The Morgan fingerprint density at radius 2 is 1.65 bits per heavy atom. The monoisotopic (exact) mass is 599 g/mol. The van der Waals surface area contributed by atoms with Crippen LogP contribution in [0.1, 0.15) is 91.9 Å². The van der Waals surface area contributed by atoms with Gasteiger partial charge in [-0.25, -0.2) is 4.79 Å². The van der Waals surface area contributed by atoms with Crippen molar-refractivity contribution in [3.8, 4) is 0 Å². The van der Waals surface area contributed by atoms with Crippen molar-refractivity contribution >= 4 is 29.7 Å². The van der Waals surface area contributed by atoms with E-state index >= 15 is 0 Å². The van der Waals surface area contributed by atoms with Crippen molar-refractivity contribution in [2.24, 2.45) is 46.7 Å². The first-order chi connectivity index (χ1) is 20.2. The minimum absolute atomic E-state index is 0.0594. The fraction of sp³-hybridized carbons (Fsp3) is 0.844. The van der Waals surface area contributed by atoms with E-state index in [0.717, 1.165) is 25.7 Å². The van der Waals surface area contributed by atoms with Gasteiger partial charge in [-0.3, -0.25) is 19.2 Å². The largest absolute Gasteiger partial charge is 0.444 e. The Bertz CT molecular complexity index is 1150. The van der Waals surface area contributed by atoms with Crippen molar-refractivity contribution in [3.05, 3.63) is 0 Å². The highest BCUT2D eigenvalue weighted by molar-refractivity contribution is 5.95. The molecule has 43 heavy (non-hydrogen) atoms. The van der Waals surface area contributed by atoms with Crippen LogP contribution in [0, 0.1) is 40.9 Å². The lowest BCUT2D eigenvalue weighted by Crippen LogP contribution is -2.66. The first kappa shape index (κ1) is 30.2. The van der Waals surface area contributed by atoms with Crippen molar-refractivity contribution in [1.29, 1.82) is 0 Å². The molecule has 0 radical (unpaired) electrons. The maximum absolute atomic E-state index is 14.8. The van der Waals surface area contributed by atoms with Gasteiger partial charge in [0.15, 0.2) is 0 Å². The van der Waals surface area contributed by atoms with E-state index in [1.165, 1.54) is 19.3 Å². The number of rotatable bonds is 8. The number of primary amides is 1. The molecule has 5 amide bonds. The highest BCUT2D eigenvalue weighted by Gasteiger charge is 2.61. The van der Waals surface area contributed by atoms with Crippen molar-refractivity contribution in [2.75, 3.05) is 6.54 Å². The highest BCUT2D eigenvalue weighted by Crippen LogP contribution is 2.62. The van der Waals surface area contributed by atoms with Gasteiger partial charge in [-0.1, -0.05) is 6.92 Å². The molecule has 5 aliphatic carbocycles. The molecular formula is C32H49N5O6. The lowest BCUT2D eigenvalue weighted by atomic mass is 9.47. The van der Waals surface area contributed by atoms with E-state index in [1.807, 2.05) is 0 Å². The molecule has 11 heteroatoms. The molecule has 5 N–H and O–H groups in total. The Labute approximate surface area is 254 Å². The summed E-state index contributed by atoms with van der Waals surface area (Å²) in [6.07, 6.45) is 7.87. The van der Waals surface area contributed by atoms with Crippen LogP contribution in [0.15, 0.2) is 0 Å². The number of piperidine rings is 1. The number of nitrogens with zero attached hydrogens (tertiary/aromatic N) is 1. The van der Waals surface area contributed by atoms with Crippen LogP contribution in [0.25, 0.3) is 0 Å². The fourth-order valence-corrected chi connectivity index (χ4v) is 10.2. The number of fused-ring (bicyclic) bond motifs is 2. The molecule has 5 saturated carbocycles. The quantitative estimate of drug-likeness (QED) is 0.335. The molecule has 238 valence electrons. The normalized spacial score (nSPS) is 38.9. The molecular weight excluding hydrogens is 550 g/mol. The summed E-state index contributed by atoms with van der Waals surface area (Å²) < 4.78 is 5.66. The molecule has 1 unspecified atom stereocenters. The van der Waals surface area contributed by atoms with E-state index in [9.17, 15) is 24.0 Å². The number of nitrogens with two attached hydrogens (primary N) is 1. The molecule has 0 aromatic heterocycles. The maximum Gasteiger partial charge on any atom is 0.408 e. The van der Waals surface area contributed by atoms with E-state index in [4.69, 9.17) is 10.5 Å². The van der Waals surface area contributed by atoms with Gasteiger partial charge in [-0.15, -0.1) is 0 Å². The predicted molar refractivity (Wildman–Crippen MR) is 157 cm³/mol. The van der Waals surface area contributed by atoms with Crippen LogP contribution in [-0.2, 0) is 23.9 Å². The van der Waals surface area contributed by atoms with Gasteiger partial charge in [0, 0.05) is 23.9 Å². The Balaban J connectivity index is 1.28. The van der Waals surface area contributed by atoms with Crippen molar-refractivity contribution in [2.45, 2.75) is 122 Å². The van der Waals surface area contributed by atoms with E-state index in [1.54, 1.807) is 25.7 Å². The molecule has 0 aromatic rings. The second-order valence-electron chi connectivity index (χ2n) is 15.8. The Morgan fingerprint density at radius 1 is 1.02 bits per heavy atom. The Kier molecular flexibility index (Phi) is 7.68. The summed E-state index contributed by atoms with van der Waals surface area (Å²) in [7, 11) is 0. The van der Waals surface area contributed by atoms with Crippen molar-refractivity contribution in [1.82, 2.24) is 20.9 Å². The average Bonchev–Trinajstić information content (AvgIpc) is 3.58. The van der Waals surface area contributed by atoms with E-state index < -0.39 is 47.6 Å². The van der Waals surface area contributed by atoms with Gasteiger partial charge in [-0.05, 0) is 115 Å². The first-order valence-corrected chi connectivity index (χ1v) is 16.4. The zero-order valence-corrected chi connectivity index (χ0v) is 26.0. The summed E-state index contributed by atoms with van der Waals surface area (Å²) in [6, 6.07) is -2.67. The summed E-state index contributed by atoms with van der Waals surface area (Å²) in [5, 5.41) is 8.66. The number of nitrogens with one attached hydrogen (secondary N) is 3. The van der Waals surface area contributed by atoms with Gasteiger partial charge in [0.2, 0.25) is 23.6 Å². The summed E-state index contributed by atoms with van der Waals surface area (Å²) in [5.41, 5.74) is 4.62. The van der Waals surface area contributed by atoms with Crippen LogP contribution in [0.2, 0.25) is 0 Å². The van der Waals surface area contributed by atoms with Gasteiger partial charge >= 0.3 is 6.09 Å². The number of amides is 5.